The maximum atomic E-state index is 11.7. The van der Waals surface area contributed by atoms with Crippen molar-refractivity contribution in [2.45, 2.75) is 26.3 Å². The average molecular weight is 247 g/mol. The molecule has 2 aromatic heterocycles. The van der Waals surface area contributed by atoms with Crippen LogP contribution in [-0.2, 0) is 11.2 Å². The predicted octanol–water partition coefficient (Wildman–Crippen LogP) is 3.04. The molecule has 0 bridgehead atoms. The van der Waals surface area contributed by atoms with Crippen LogP contribution in [0, 0.1) is 0 Å². The van der Waals surface area contributed by atoms with E-state index in [9.17, 15) is 4.79 Å². The zero-order valence-electron chi connectivity index (χ0n) is 10.8. The summed E-state index contributed by atoms with van der Waals surface area (Å²) < 4.78 is 12.1. The van der Waals surface area contributed by atoms with Gasteiger partial charge in [0, 0.05) is 18.2 Å². The lowest BCUT2D eigenvalue weighted by atomic mass is 10.2. The number of esters is 1. The van der Waals surface area contributed by atoms with Gasteiger partial charge in [-0.2, -0.15) is 0 Å². The highest BCUT2D eigenvalue weighted by atomic mass is 16.5. The van der Waals surface area contributed by atoms with E-state index in [1.54, 1.807) is 12.3 Å². The number of carbonyl (C=O) groups is 1. The second-order valence-electron chi connectivity index (χ2n) is 4.42. The van der Waals surface area contributed by atoms with Gasteiger partial charge in [0.25, 0.3) is 0 Å². The van der Waals surface area contributed by atoms with E-state index in [1.165, 1.54) is 7.11 Å². The summed E-state index contributed by atoms with van der Waals surface area (Å²) in [6, 6.07) is 7.71. The third-order valence-corrected chi connectivity index (χ3v) is 2.85. The summed E-state index contributed by atoms with van der Waals surface area (Å²) >= 11 is 0. The van der Waals surface area contributed by atoms with Gasteiger partial charge in [0.15, 0.2) is 0 Å². The monoisotopic (exact) mass is 247 g/mol. The minimum atomic E-state index is -0.311. The Labute approximate surface area is 106 Å². The standard InChI is InChI=1S/C14H17NO3/c1-10(2)15-11(9-12-5-4-8-18-12)6-7-13(15)14(16)17-3/h4-8,10H,9H2,1-3H3. The van der Waals surface area contributed by atoms with Gasteiger partial charge in [0.1, 0.15) is 11.5 Å². The first-order chi connectivity index (χ1) is 8.63. The van der Waals surface area contributed by atoms with Crippen LogP contribution in [0.4, 0.5) is 0 Å². The number of carbonyl (C=O) groups excluding carboxylic acids is 1. The zero-order chi connectivity index (χ0) is 13.1. The molecule has 0 amide bonds. The third kappa shape index (κ3) is 2.32. The molecule has 0 N–H and O–H groups in total. The average Bonchev–Trinajstić information content (AvgIpc) is 2.97. The molecule has 0 saturated carbocycles. The van der Waals surface area contributed by atoms with Crippen LogP contribution in [0.25, 0.3) is 0 Å². The summed E-state index contributed by atoms with van der Waals surface area (Å²) in [6.07, 6.45) is 2.32. The van der Waals surface area contributed by atoms with E-state index in [0.29, 0.717) is 12.1 Å². The van der Waals surface area contributed by atoms with Crippen molar-refractivity contribution in [1.29, 1.82) is 0 Å². The molecule has 0 fully saturated rings. The van der Waals surface area contributed by atoms with E-state index < -0.39 is 0 Å². The van der Waals surface area contributed by atoms with Crippen molar-refractivity contribution in [2.75, 3.05) is 7.11 Å². The van der Waals surface area contributed by atoms with Gasteiger partial charge in [-0.15, -0.1) is 0 Å². The Balaban J connectivity index is 2.36. The van der Waals surface area contributed by atoms with Gasteiger partial charge in [-0.3, -0.25) is 0 Å². The molecule has 0 aliphatic rings. The highest BCUT2D eigenvalue weighted by Crippen LogP contribution is 2.20. The minimum Gasteiger partial charge on any atom is -0.469 e. The fourth-order valence-electron chi connectivity index (χ4n) is 2.11. The lowest BCUT2D eigenvalue weighted by Gasteiger charge is -2.15. The molecule has 0 aromatic carbocycles. The first-order valence-corrected chi connectivity index (χ1v) is 5.94. The Morgan fingerprint density at radius 2 is 2.17 bits per heavy atom. The van der Waals surface area contributed by atoms with Crippen molar-refractivity contribution >= 4 is 5.97 Å². The Bertz CT molecular complexity index is 523. The molecular formula is C14H17NO3. The number of furan rings is 1. The smallest absolute Gasteiger partial charge is 0.354 e. The Morgan fingerprint density at radius 1 is 1.39 bits per heavy atom. The second kappa shape index (κ2) is 5.12. The van der Waals surface area contributed by atoms with Gasteiger partial charge in [-0.05, 0) is 38.1 Å². The van der Waals surface area contributed by atoms with Crippen molar-refractivity contribution in [2.24, 2.45) is 0 Å². The van der Waals surface area contributed by atoms with Crippen LogP contribution in [0.15, 0.2) is 34.9 Å². The number of methoxy groups -OCH3 is 1. The van der Waals surface area contributed by atoms with E-state index in [-0.39, 0.29) is 12.0 Å². The van der Waals surface area contributed by atoms with E-state index in [4.69, 9.17) is 9.15 Å². The topological polar surface area (TPSA) is 44.4 Å². The maximum Gasteiger partial charge on any atom is 0.354 e. The zero-order valence-corrected chi connectivity index (χ0v) is 10.8. The third-order valence-electron chi connectivity index (χ3n) is 2.85. The molecule has 18 heavy (non-hydrogen) atoms. The van der Waals surface area contributed by atoms with Crippen LogP contribution in [0.5, 0.6) is 0 Å². The summed E-state index contributed by atoms with van der Waals surface area (Å²) in [4.78, 5) is 11.7. The summed E-state index contributed by atoms with van der Waals surface area (Å²) in [5.74, 6) is 0.570. The Hall–Kier alpha value is -1.97. The summed E-state index contributed by atoms with van der Waals surface area (Å²) in [6.45, 7) is 4.08. The van der Waals surface area contributed by atoms with Crippen molar-refractivity contribution in [3.8, 4) is 0 Å². The van der Waals surface area contributed by atoms with Crippen LogP contribution in [0.2, 0.25) is 0 Å². The Morgan fingerprint density at radius 3 is 2.72 bits per heavy atom. The van der Waals surface area contributed by atoms with Crippen molar-refractivity contribution in [3.63, 3.8) is 0 Å². The van der Waals surface area contributed by atoms with Crippen molar-refractivity contribution in [3.05, 3.63) is 47.7 Å². The highest BCUT2D eigenvalue weighted by Gasteiger charge is 2.18. The molecule has 2 heterocycles. The first-order valence-electron chi connectivity index (χ1n) is 5.94. The van der Waals surface area contributed by atoms with Crippen LogP contribution in [0.1, 0.15) is 41.8 Å². The number of aromatic nitrogens is 1. The van der Waals surface area contributed by atoms with Crippen LogP contribution < -0.4 is 0 Å². The molecule has 0 radical (unpaired) electrons. The van der Waals surface area contributed by atoms with Gasteiger partial charge in [-0.25, -0.2) is 4.79 Å². The molecular weight excluding hydrogens is 230 g/mol. The number of hydrogen-bond donors (Lipinski definition) is 0. The van der Waals surface area contributed by atoms with Gasteiger partial charge in [0.05, 0.1) is 13.4 Å². The molecule has 0 unspecified atom stereocenters. The molecule has 0 saturated heterocycles. The molecule has 2 rings (SSSR count). The van der Waals surface area contributed by atoms with Crippen LogP contribution >= 0.6 is 0 Å². The number of hydrogen-bond acceptors (Lipinski definition) is 3. The van der Waals surface area contributed by atoms with Gasteiger partial charge in [-0.1, -0.05) is 0 Å². The van der Waals surface area contributed by atoms with Crippen LogP contribution in [0.3, 0.4) is 0 Å². The molecule has 96 valence electrons. The number of ether oxygens (including phenoxy) is 1. The second-order valence-corrected chi connectivity index (χ2v) is 4.42. The van der Waals surface area contributed by atoms with E-state index >= 15 is 0 Å². The molecule has 4 nitrogen and oxygen atoms in total. The molecule has 4 heteroatoms. The summed E-state index contributed by atoms with van der Waals surface area (Å²) in [5.41, 5.74) is 1.62. The highest BCUT2D eigenvalue weighted by molar-refractivity contribution is 5.87. The SMILES string of the molecule is COC(=O)c1ccc(Cc2ccco2)n1C(C)C. The lowest BCUT2D eigenvalue weighted by Crippen LogP contribution is -2.14. The van der Waals surface area contributed by atoms with Gasteiger partial charge < -0.3 is 13.7 Å². The fraction of sp³-hybridized carbons (Fsp3) is 0.357. The maximum absolute atomic E-state index is 11.7. The number of nitrogens with zero attached hydrogens (tertiary/aromatic N) is 1. The van der Waals surface area contributed by atoms with E-state index in [0.717, 1.165) is 11.5 Å². The van der Waals surface area contributed by atoms with Crippen molar-refractivity contribution < 1.29 is 13.9 Å². The predicted molar refractivity (Wildman–Crippen MR) is 67.7 cm³/mol. The normalized spacial score (nSPS) is 10.9. The van der Waals surface area contributed by atoms with E-state index in [2.05, 4.69) is 0 Å². The molecule has 0 atom stereocenters. The minimum absolute atomic E-state index is 0.194. The Kier molecular flexibility index (Phi) is 3.55. The number of rotatable bonds is 4. The fourth-order valence-corrected chi connectivity index (χ4v) is 2.11. The molecule has 0 aliphatic carbocycles. The van der Waals surface area contributed by atoms with Gasteiger partial charge in [0.2, 0.25) is 0 Å². The summed E-state index contributed by atoms with van der Waals surface area (Å²) in [7, 11) is 1.40. The quantitative estimate of drug-likeness (QED) is 0.780. The van der Waals surface area contributed by atoms with E-state index in [1.807, 2.05) is 36.6 Å². The summed E-state index contributed by atoms with van der Waals surface area (Å²) in [5, 5.41) is 0. The lowest BCUT2D eigenvalue weighted by molar-refractivity contribution is 0.0586. The van der Waals surface area contributed by atoms with Gasteiger partial charge >= 0.3 is 5.97 Å². The molecule has 2 aromatic rings. The first kappa shape index (κ1) is 12.5. The van der Waals surface area contributed by atoms with Crippen molar-refractivity contribution in [1.82, 2.24) is 4.57 Å². The largest absolute Gasteiger partial charge is 0.469 e. The van der Waals surface area contributed by atoms with Crippen LogP contribution in [-0.4, -0.2) is 17.6 Å². The molecule has 0 spiro atoms. The molecule has 0 aliphatic heterocycles.